The van der Waals surface area contributed by atoms with Crippen molar-refractivity contribution < 1.29 is 14.4 Å². The number of carbonyl (C=O) groups excluding carboxylic acids is 3. The third-order valence-corrected chi connectivity index (χ3v) is 3.75. The molecular formula is C17H15Cl2N3O3. The van der Waals surface area contributed by atoms with Crippen LogP contribution in [0.3, 0.4) is 0 Å². The van der Waals surface area contributed by atoms with Crippen LogP contribution in [0.1, 0.15) is 15.9 Å². The van der Waals surface area contributed by atoms with Crippen molar-refractivity contribution in [1.82, 2.24) is 5.32 Å². The lowest BCUT2D eigenvalue weighted by Gasteiger charge is -2.08. The molecule has 0 atom stereocenters. The van der Waals surface area contributed by atoms with E-state index in [0.717, 1.165) is 5.56 Å². The lowest BCUT2D eigenvalue weighted by molar-refractivity contribution is -0.117. The van der Waals surface area contributed by atoms with Crippen molar-refractivity contribution in [2.75, 3.05) is 11.9 Å². The fourth-order valence-corrected chi connectivity index (χ4v) is 2.54. The first-order valence-corrected chi connectivity index (χ1v) is 8.01. The summed E-state index contributed by atoms with van der Waals surface area (Å²) in [6.45, 7) is -0.221. The van der Waals surface area contributed by atoms with E-state index in [1.807, 2.05) is 0 Å². The molecule has 0 aliphatic rings. The fourth-order valence-electron chi connectivity index (χ4n) is 2.04. The molecule has 2 rings (SSSR count). The normalized spacial score (nSPS) is 10.2. The fraction of sp³-hybridized carbons (Fsp3) is 0.118. The van der Waals surface area contributed by atoms with Gasteiger partial charge in [-0.25, -0.2) is 0 Å². The Balaban J connectivity index is 1.87. The van der Waals surface area contributed by atoms with Gasteiger partial charge in [-0.3, -0.25) is 14.4 Å². The Bertz CT molecular complexity index is 807. The molecule has 0 aliphatic carbocycles. The van der Waals surface area contributed by atoms with Gasteiger partial charge >= 0.3 is 0 Å². The Labute approximate surface area is 154 Å². The average molecular weight is 380 g/mol. The highest BCUT2D eigenvalue weighted by Gasteiger charge is 2.12. The smallest absolute Gasteiger partial charge is 0.253 e. The van der Waals surface area contributed by atoms with Gasteiger partial charge in [0, 0.05) is 10.7 Å². The van der Waals surface area contributed by atoms with Gasteiger partial charge in [-0.1, -0.05) is 35.3 Å². The molecule has 0 radical (unpaired) electrons. The minimum atomic E-state index is -0.478. The first kappa shape index (κ1) is 18.8. The van der Waals surface area contributed by atoms with Gasteiger partial charge in [-0.2, -0.15) is 0 Å². The number of carbonyl (C=O) groups is 3. The summed E-state index contributed by atoms with van der Waals surface area (Å²) >= 11 is 11.7. The van der Waals surface area contributed by atoms with E-state index in [1.54, 1.807) is 24.3 Å². The number of hydrogen-bond donors (Lipinski definition) is 3. The highest BCUT2D eigenvalue weighted by atomic mass is 35.5. The van der Waals surface area contributed by atoms with Crippen LogP contribution in [0, 0.1) is 0 Å². The van der Waals surface area contributed by atoms with Crippen molar-refractivity contribution in [3.05, 3.63) is 63.6 Å². The van der Waals surface area contributed by atoms with Crippen LogP contribution < -0.4 is 16.4 Å². The summed E-state index contributed by atoms with van der Waals surface area (Å²) in [5.74, 6) is -1.31. The van der Waals surface area contributed by atoms with Crippen LogP contribution >= 0.6 is 23.2 Å². The Morgan fingerprint density at radius 2 is 1.68 bits per heavy atom. The van der Waals surface area contributed by atoms with Crippen LogP contribution in [-0.4, -0.2) is 24.3 Å². The maximum atomic E-state index is 12.0. The third-order valence-electron chi connectivity index (χ3n) is 3.20. The molecule has 0 heterocycles. The molecule has 0 unspecified atom stereocenters. The predicted octanol–water partition coefficient (Wildman–Crippen LogP) is 2.39. The van der Waals surface area contributed by atoms with Crippen molar-refractivity contribution in [2.45, 2.75) is 6.42 Å². The summed E-state index contributed by atoms with van der Waals surface area (Å²) in [6.07, 6.45) is 0.131. The Hall–Kier alpha value is -2.57. The molecule has 6 nitrogen and oxygen atoms in total. The highest BCUT2D eigenvalue weighted by Crippen LogP contribution is 2.20. The van der Waals surface area contributed by atoms with E-state index in [-0.39, 0.29) is 23.6 Å². The molecule has 0 spiro atoms. The molecule has 0 fully saturated rings. The van der Waals surface area contributed by atoms with Crippen molar-refractivity contribution in [2.24, 2.45) is 5.73 Å². The van der Waals surface area contributed by atoms with E-state index < -0.39 is 17.7 Å². The maximum absolute atomic E-state index is 12.0. The number of nitrogens with one attached hydrogen (secondary N) is 2. The van der Waals surface area contributed by atoms with Crippen LogP contribution in [0.2, 0.25) is 10.0 Å². The third kappa shape index (κ3) is 5.77. The molecular weight excluding hydrogens is 365 g/mol. The number of anilines is 1. The number of rotatable bonds is 6. The van der Waals surface area contributed by atoms with E-state index in [4.69, 9.17) is 28.9 Å². The summed E-state index contributed by atoms with van der Waals surface area (Å²) in [4.78, 5) is 34.8. The molecule has 0 aliphatic heterocycles. The molecule has 130 valence electrons. The number of benzene rings is 2. The Morgan fingerprint density at radius 3 is 2.28 bits per heavy atom. The highest BCUT2D eigenvalue weighted by molar-refractivity contribution is 6.36. The predicted molar refractivity (Wildman–Crippen MR) is 96.8 cm³/mol. The van der Waals surface area contributed by atoms with Gasteiger partial charge in [0.05, 0.1) is 23.6 Å². The van der Waals surface area contributed by atoms with Crippen LogP contribution in [0.4, 0.5) is 5.69 Å². The zero-order chi connectivity index (χ0) is 18.4. The standard InChI is InChI=1S/C17H15Cl2N3O3/c18-11-3-6-13(14(19)8-11)17(25)21-9-16(24)22-12-4-1-10(2-5-12)7-15(20)23/h1-6,8H,7,9H2,(H2,20,23)(H,21,25)(H,22,24). The molecule has 3 amide bonds. The van der Waals surface area contributed by atoms with Gasteiger partial charge in [0.1, 0.15) is 0 Å². The van der Waals surface area contributed by atoms with Crippen molar-refractivity contribution in [1.29, 1.82) is 0 Å². The van der Waals surface area contributed by atoms with Crippen LogP contribution in [-0.2, 0) is 16.0 Å². The summed E-state index contributed by atoms with van der Waals surface area (Å²) in [5.41, 5.74) is 6.63. The molecule has 4 N–H and O–H groups in total. The van der Waals surface area contributed by atoms with Gasteiger partial charge in [0.25, 0.3) is 5.91 Å². The first-order valence-electron chi connectivity index (χ1n) is 7.25. The molecule has 2 aromatic rings. The van der Waals surface area contributed by atoms with Crippen LogP contribution in [0.25, 0.3) is 0 Å². The topological polar surface area (TPSA) is 101 Å². The molecule has 8 heteroatoms. The largest absolute Gasteiger partial charge is 0.369 e. The van der Waals surface area contributed by atoms with Gasteiger partial charge in [-0.05, 0) is 35.9 Å². The SMILES string of the molecule is NC(=O)Cc1ccc(NC(=O)CNC(=O)c2ccc(Cl)cc2Cl)cc1. The number of primary amides is 1. The second kappa shape index (κ2) is 8.50. The summed E-state index contributed by atoms with van der Waals surface area (Å²) in [6, 6.07) is 11.1. The van der Waals surface area contributed by atoms with E-state index in [0.29, 0.717) is 10.7 Å². The lowest BCUT2D eigenvalue weighted by Crippen LogP contribution is -2.33. The molecule has 0 bridgehead atoms. The van der Waals surface area contributed by atoms with Gasteiger partial charge < -0.3 is 16.4 Å². The quantitative estimate of drug-likeness (QED) is 0.717. The zero-order valence-electron chi connectivity index (χ0n) is 13.0. The minimum absolute atomic E-state index is 0.131. The van der Waals surface area contributed by atoms with Crippen molar-refractivity contribution in [3.63, 3.8) is 0 Å². The summed E-state index contributed by atoms with van der Waals surface area (Å²) in [7, 11) is 0. The minimum Gasteiger partial charge on any atom is -0.369 e. The molecule has 25 heavy (non-hydrogen) atoms. The first-order chi connectivity index (χ1) is 11.8. The lowest BCUT2D eigenvalue weighted by atomic mass is 10.1. The van der Waals surface area contributed by atoms with E-state index >= 15 is 0 Å². The van der Waals surface area contributed by atoms with Crippen LogP contribution in [0.15, 0.2) is 42.5 Å². The Kier molecular flexibility index (Phi) is 6.38. The van der Waals surface area contributed by atoms with Gasteiger partial charge in [0.2, 0.25) is 11.8 Å². The summed E-state index contributed by atoms with van der Waals surface area (Å²) in [5, 5.41) is 5.73. The molecule has 0 saturated heterocycles. The average Bonchev–Trinajstić information content (AvgIpc) is 2.54. The number of halogens is 2. The zero-order valence-corrected chi connectivity index (χ0v) is 14.5. The van der Waals surface area contributed by atoms with E-state index in [1.165, 1.54) is 18.2 Å². The monoisotopic (exact) mass is 379 g/mol. The van der Waals surface area contributed by atoms with Gasteiger partial charge in [-0.15, -0.1) is 0 Å². The maximum Gasteiger partial charge on any atom is 0.253 e. The molecule has 0 aromatic heterocycles. The molecule has 2 aromatic carbocycles. The number of amides is 3. The second-order valence-corrected chi connectivity index (χ2v) is 6.04. The van der Waals surface area contributed by atoms with E-state index in [9.17, 15) is 14.4 Å². The van der Waals surface area contributed by atoms with Gasteiger partial charge in [0.15, 0.2) is 0 Å². The molecule has 0 saturated carbocycles. The van der Waals surface area contributed by atoms with Crippen molar-refractivity contribution >= 4 is 46.6 Å². The Morgan fingerprint density at radius 1 is 1.00 bits per heavy atom. The van der Waals surface area contributed by atoms with E-state index in [2.05, 4.69) is 10.6 Å². The number of nitrogens with two attached hydrogens (primary N) is 1. The van der Waals surface area contributed by atoms with Crippen molar-refractivity contribution in [3.8, 4) is 0 Å². The second-order valence-electron chi connectivity index (χ2n) is 5.20. The number of hydrogen-bond acceptors (Lipinski definition) is 3. The summed E-state index contributed by atoms with van der Waals surface area (Å²) < 4.78 is 0. The van der Waals surface area contributed by atoms with Crippen LogP contribution in [0.5, 0.6) is 0 Å².